The Morgan fingerprint density at radius 2 is 1.87 bits per heavy atom. The fourth-order valence-corrected chi connectivity index (χ4v) is 4.30. The minimum absolute atomic E-state index is 0.0259. The van der Waals surface area contributed by atoms with Crippen molar-refractivity contribution in [3.63, 3.8) is 0 Å². The van der Waals surface area contributed by atoms with Gasteiger partial charge in [0.15, 0.2) is 0 Å². The third-order valence-corrected chi connectivity index (χ3v) is 6.03. The lowest BCUT2D eigenvalue weighted by molar-refractivity contribution is 0.250. The summed E-state index contributed by atoms with van der Waals surface area (Å²) >= 11 is 13.6. The van der Waals surface area contributed by atoms with Crippen LogP contribution in [0.3, 0.4) is 0 Å². The van der Waals surface area contributed by atoms with Crippen LogP contribution in [0.25, 0.3) is 27.5 Å². The van der Waals surface area contributed by atoms with Gasteiger partial charge in [0, 0.05) is 17.3 Å². The predicted octanol–water partition coefficient (Wildman–Crippen LogP) is 7.20. The van der Waals surface area contributed by atoms with Gasteiger partial charge in [-0.1, -0.05) is 52.7 Å². The van der Waals surface area contributed by atoms with E-state index in [-0.39, 0.29) is 11.9 Å². The maximum atomic E-state index is 13.7. The van der Waals surface area contributed by atoms with E-state index in [9.17, 15) is 4.39 Å². The van der Waals surface area contributed by atoms with Gasteiger partial charge in [-0.25, -0.2) is 14.1 Å². The largest absolute Gasteiger partial charge is 0.480 e. The van der Waals surface area contributed by atoms with Crippen molar-refractivity contribution in [3.05, 3.63) is 70.2 Å². The Labute approximate surface area is 187 Å². The summed E-state index contributed by atoms with van der Waals surface area (Å²) in [6.45, 7) is 5.80. The second-order valence-corrected chi connectivity index (χ2v) is 8.77. The molecular weight excluding hydrogens is 444 g/mol. The lowest BCUT2D eigenvalue weighted by atomic mass is 10.1. The highest BCUT2D eigenvalue weighted by atomic mass is 35.5. The Morgan fingerprint density at radius 3 is 2.57 bits per heavy atom. The minimum atomic E-state index is -0.288. The number of aromatic nitrogens is 3. The molecule has 0 aliphatic rings. The summed E-state index contributed by atoms with van der Waals surface area (Å²) in [5.41, 5.74) is 3.85. The Hall–Kier alpha value is -2.41. The van der Waals surface area contributed by atoms with Gasteiger partial charge in [0.25, 0.3) is 0 Å². The summed E-state index contributed by atoms with van der Waals surface area (Å²) in [4.78, 5) is 4.76. The first-order valence-corrected chi connectivity index (χ1v) is 10.8. The molecule has 0 N–H and O–H groups in total. The monoisotopic (exact) mass is 461 g/mol. The van der Waals surface area contributed by atoms with Gasteiger partial charge in [-0.2, -0.15) is 5.10 Å². The molecule has 0 aliphatic carbocycles. The summed E-state index contributed by atoms with van der Waals surface area (Å²) < 4.78 is 21.4. The van der Waals surface area contributed by atoms with E-state index in [0.29, 0.717) is 25.9 Å². The van der Waals surface area contributed by atoms with Crippen LogP contribution in [0.2, 0.25) is 10.0 Å². The Bertz CT molecular complexity index is 1220. The normalized spacial score (nSPS) is 11.3. The average molecular weight is 462 g/mol. The van der Waals surface area contributed by atoms with Gasteiger partial charge in [0.2, 0.25) is 10.2 Å². The molecule has 0 radical (unpaired) electrons. The molecule has 0 aliphatic heterocycles. The first kappa shape index (κ1) is 20.8. The summed E-state index contributed by atoms with van der Waals surface area (Å²) in [5, 5.41) is 6.81. The van der Waals surface area contributed by atoms with Gasteiger partial charge in [-0.3, -0.25) is 0 Å². The molecule has 4 nitrogen and oxygen atoms in total. The molecule has 4 aromatic rings. The van der Waals surface area contributed by atoms with Gasteiger partial charge >= 0.3 is 0 Å². The Kier molecular flexibility index (Phi) is 5.82. The van der Waals surface area contributed by atoms with E-state index >= 15 is 0 Å². The summed E-state index contributed by atoms with van der Waals surface area (Å²) in [6.07, 6.45) is 1.82. The topological polar surface area (TPSA) is 39.9 Å². The number of hydrogen-bond donors (Lipinski definition) is 0. The van der Waals surface area contributed by atoms with Crippen LogP contribution >= 0.6 is 34.5 Å². The van der Waals surface area contributed by atoms with Crippen LogP contribution in [0.1, 0.15) is 19.5 Å². The van der Waals surface area contributed by atoms with Crippen molar-refractivity contribution in [1.82, 2.24) is 14.8 Å². The summed E-state index contributed by atoms with van der Waals surface area (Å²) in [6, 6.07) is 11.8. The third kappa shape index (κ3) is 4.21. The molecule has 0 bridgehead atoms. The molecule has 4 rings (SSSR count). The second kappa shape index (κ2) is 8.38. The fourth-order valence-electron chi connectivity index (χ4n) is 3.01. The van der Waals surface area contributed by atoms with Crippen molar-refractivity contribution in [3.8, 4) is 32.6 Å². The van der Waals surface area contributed by atoms with Gasteiger partial charge in [0.05, 0.1) is 21.8 Å². The molecule has 0 saturated carbocycles. The second-order valence-electron chi connectivity index (χ2n) is 7.01. The zero-order valence-electron chi connectivity index (χ0n) is 16.5. The van der Waals surface area contributed by atoms with Crippen molar-refractivity contribution in [2.24, 2.45) is 0 Å². The van der Waals surface area contributed by atoms with Gasteiger partial charge < -0.3 is 4.74 Å². The number of ether oxygens (including phenoxy) is 1. The zero-order valence-corrected chi connectivity index (χ0v) is 18.8. The molecular formula is C22H18Cl2FN3OS. The Balaban J connectivity index is 1.79. The SMILES string of the molecule is Cc1nn(-c2nc(-c3ccc(Cl)c(Cl)c3)c(OC(C)C)s2)cc1-c1cccc(F)c1. The van der Waals surface area contributed by atoms with Crippen molar-refractivity contribution in [2.75, 3.05) is 0 Å². The van der Waals surface area contributed by atoms with Crippen molar-refractivity contribution in [1.29, 1.82) is 0 Å². The number of rotatable bonds is 5. The van der Waals surface area contributed by atoms with Gasteiger partial charge in [-0.15, -0.1) is 0 Å². The first-order valence-electron chi connectivity index (χ1n) is 9.27. The quantitative estimate of drug-likeness (QED) is 0.315. The van der Waals surface area contributed by atoms with E-state index in [1.54, 1.807) is 22.9 Å². The van der Waals surface area contributed by atoms with Crippen LogP contribution in [0.15, 0.2) is 48.7 Å². The number of thiazole rings is 1. The zero-order chi connectivity index (χ0) is 21.4. The Morgan fingerprint density at radius 1 is 1.07 bits per heavy atom. The highest BCUT2D eigenvalue weighted by molar-refractivity contribution is 7.16. The average Bonchev–Trinajstić information content (AvgIpc) is 3.27. The third-order valence-electron chi connectivity index (χ3n) is 4.35. The van der Waals surface area contributed by atoms with Crippen LogP contribution in [0, 0.1) is 12.7 Å². The smallest absolute Gasteiger partial charge is 0.214 e. The highest BCUT2D eigenvalue weighted by Crippen LogP contribution is 2.40. The standard InChI is InChI=1S/C22H18Cl2FN3OS/c1-12(2)29-21-20(15-7-8-18(23)19(24)10-15)26-22(30-21)28-11-17(13(3)27-28)14-5-4-6-16(25)9-14/h4-12H,1-3H3. The molecule has 0 saturated heterocycles. The number of aryl methyl sites for hydroxylation is 1. The fraction of sp³-hybridized carbons (Fsp3) is 0.182. The molecule has 2 aromatic carbocycles. The van der Waals surface area contributed by atoms with Crippen LogP contribution in [-0.2, 0) is 0 Å². The molecule has 0 unspecified atom stereocenters. The lowest BCUT2D eigenvalue weighted by Crippen LogP contribution is -2.05. The van der Waals surface area contributed by atoms with Crippen molar-refractivity contribution < 1.29 is 9.13 Å². The molecule has 0 spiro atoms. The van der Waals surface area contributed by atoms with E-state index in [2.05, 4.69) is 5.10 Å². The van der Waals surface area contributed by atoms with Gasteiger partial charge in [-0.05, 0) is 50.6 Å². The van der Waals surface area contributed by atoms with Crippen molar-refractivity contribution in [2.45, 2.75) is 26.9 Å². The molecule has 0 amide bonds. The lowest BCUT2D eigenvalue weighted by Gasteiger charge is -2.09. The molecule has 2 heterocycles. The predicted molar refractivity (Wildman–Crippen MR) is 121 cm³/mol. The molecule has 0 fully saturated rings. The molecule has 0 atom stereocenters. The van der Waals surface area contributed by atoms with E-state index in [0.717, 1.165) is 22.4 Å². The molecule has 2 aromatic heterocycles. The number of nitrogens with zero attached hydrogens (tertiary/aromatic N) is 3. The van der Waals surface area contributed by atoms with Crippen LogP contribution < -0.4 is 4.74 Å². The number of benzene rings is 2. The van der Waals surface area contributed by atoms with E-state index < -0.39 is 0 Å². The highest BCUT2D eigenvalue weighted by Gasteiger charge is 2.19. The number of halogens is 3. The minimum Gasteiger partial charge on any atom is -0.480 e. The molecule has 154 valence electrons. The van der Waals surface area contributed by atoms with E-state index in [4.69, 9.17) is 32.9 Å². The van der Waals surface area contributed by atoms with Crippen LogP contribution in [0.5, 0.6) is 5.06 Å². The number of hydrogen-bond acceptors (Lipinski definition) is 4. The summed E-state index contributed by atoms with van der Waals surface area (Å²) in [7, 11) is 0. The van der Waals surface area contributed by atoms with E-state index in [1.807, 2.05) is 39.1 Å². The van der Waals surface area contributed by atoms with Crippen molar-refractivity contribution >= 4 is 34.5 Å². The first-order chi connectivity index (χ1) is 14.3. The van der Waals surface area contributed by atoms with Gasteiger partial charge in [0.1, 0.15) is 11.5 Å². The van der Waals surface area contributed by atoms with Crippen LogP contribution in [0.4, 0.5) is 4.39 Å². The van der Waals surface area contributed by atoms with Crippen LogP contribution in [-0.4, -0.2) is 20.9 Å². The molecule has 8 heteroatoms. The molecule has 30 heavy (non-hydrogen) atoms. The maximum Gasteiger partial charge on any atom is 0.214 e. The summed E-state index contributed by atoms with van der Waals surface area (Å²) in [5.74, 6) is -0.288. The van der Waals surface area contributed by atoms with E-state index in [1.165, 1.54) is 23.5 Å². The maximum absolute atomic E-state index is 13.7.